The van der Waals surface area contributed by atoms with Crippen molar-refractivity contribution < 1.29 is 18.7 Å². The van der Waals surface area contributed by atoms with Crippen LogP contribution in [0.1, 0.15) is 95.2 Å². The second-order valence-corrected chi connectivity index (χ2v) is 13.3. The molecule has 11 heteroatoms. The van der Waals surface area contributed by atoms with Crippen molar-refractivity contribution in [3.05, 3.63) is 52.3 Å². The number of hydrogen-bond acceptors (Lipinski definition) is 4. The van der Waals surface area contributed by atoms with Gasteiger partial charge in [-0.05, 0) is 120 Å². The van der Waals surface area contributed by atoms with Gasteiger partial charge in [0.05, 0.1) is 5.69 Å². The van der Waals surface area contributed by atoms with Crippen LogP contribution >= 0.6 is 37.2 Å². The molecule has 5 rings (SSSR count). The molecule has 6 nitrogen and oxygen atoms in total. The van der Waals surface area contributed by atoms with Crippen molar-refractivity contribution in [1.82, 2.24) is 19.6 Å². The Kier molecular flexibility index (Phi) is 13.6. The van der Waals surface area contributed by atoms with Crippen LogP contribution in [0.15, 0.2) is 18.2 Å². The first-order chi connectivity index (χ1) is 19.5. The fraction of sp³-hybridized carbons (Fsp3) is 0.697. The molecule has 2 aliphatic carbocycles. The molecule has 1 aromatic carbocycles. The molecule has 0 unspecified atom stereocenters. The number of carboxylic acids is 1. The van der Waals surface area contributed by atoms with Crippen LogP contribution in [0.5, 0.6) is 0 Å². The number of carbonyl (C=O) groups is 1. The number of likely N-dealkylation sites (N-methyl/N-ethyl adjacent to an activating group) is 1. The molecule has 250 valence electrons. The number of aromatic nitrogens is 2. The fourth-order valence-electron chi connectivity index (χ4n) is 8.76. The van der Waals surface area contributed by atoms with Gasteiger partial charge in [0.25, 0.3) is 0 Å². The second kappa shape index (κ2) is 15.4. The van der Waals surface area contributed by atoms with E-state index in [0.29, 0.717) is 12.0 Å². The van der Waals surface area contributed by atoms with E-state index in [-0.39, 0.29) is 72.5 Å². The Balaban J connectivity index is 0.00000225. The van der Waals surface area contributed by atoms with E-state index in [0.717, 1.165) is 57.8 Å². The number of benzene rings is 1. The lowest BCUT2D eigenvalue weighted by molar-refractivity contribution is -0.145. The van der Waals surface area contributed by atoms with Crippen LogP contribution in [-0.4, -0.2) is 68.9 Å². The average Bonchev–Trinajstić information content (AvgIpc) is 3.62. The van der Waals surface area contributed by atoms with E-state index in [1.165, 1.54) is 35.5 Å². The van der Waals surface area contributed by atoms with Gasteiger partial charge in [0, 0.05) is 35.8 Å². The summed E-state index contributed by atoms with van der Waals surface area (Å²) in [5.74, 6) is -1.83. The maximum Gasteiger partial charge on any atom is 0.321 e. The summed E-state index contributed by atoms with van der Waals surface area (Å²) in [5.41, 5.74) is 5.12. The Morgan fingerprint density at radius 2 is 1.66 bits per heavy atom. The number of fused-ring (bicyclic) bond motifs is 2. The van der Waals surface area contributed by atoms with Gasteiger partial charge in [0.1, 0.15) is 17.7 Å². The Bertz CT molecular complexity index is 1250. The highest BCUT2D eigenvalue weighted by Crippen LogP contribution is 2.50. The maximum absolute atomic E-state index is 14.4. The van der Waals surface area contributed by atoms with E-state index in [1.807, 2.05) is 25.8 Å². The summed E-state index contributed by atoms with van der Waals surface area (Å²) in [7, 11) is 1.91. The molecular formula is C33H51Cl3F2N4O2. The van der Waals surface area contributed by atoms with Crippen LogP contribution in [0, 0.1) is 23.5 Å². The predicted octanol–water partition coefficient (Wildman–Crippen LogP) is 7.28. The zero-order valence-electron chi connectivity index (χ0n) is 26.9. The molecule has 0 amide bonds. The smallest absolute Gasteiger partial charge is 0.321 e. The molecule has 1 aromatic heterocycles. The first kappa shape index (κ1) is 38.7. The molecule has 0 radical (unpaired) electrons. The minimum absolute atomic E-state index is 0. The molecule has 2 heterocycles. The monoisotopic (exact) mass is 678 g/mol. The highest BCUT2D eigenvalue weighted by Gasteiger charge is 2.48. The lowest BCUT2D eigenvalue weighted by Gasteiger charge is -2.44. The minimum Gasteiger partial charge on any atom is -0.480 e. The largest absolute Gasteiger partial charge is 0.480 e. The number of piperidine rings is 1. The Morgan fingerprint density at radius 1 is 1.05 bits per heavy atom. The van der Waals surface area contributed by atoms with Crippen LogP contribution in [0.25, 0.3) is 0 Å². The third-order valence-corrected chi connectivity index (χ3v) is 10.9. The standard InChI is InChI=1S/C33H48F2N4O2.3ClH/c1-7-29-26-9-10-33(31(26)39(8-2)36-29)11-13-38(14-12-33)21(5)27-18-25(37(6)30(20(3)4)32(40)41)19-28(27)22-15-23(34)17-24(35)16-22;;;/h15-17,20-21,25,27-28,30H,7-14,18-19H2,1-6H3,(H,40,41);3*1H/t21-,25-,27-,28-,30-;;;/m1.../s1. The summed E-state index contributed by atoms with van der Waals surface area (Å²) in [4.78, 5) is 16.8. The zero-order valence-corrected chi connectivity index (χ0v) is 29.3. The SMILES string of the molecule is CCc1nn(CC)c2c1CCC21CCN([C@H](C)[C@H]2C[C@@H](N(C)[C@@H](C(=O)O)C(C)C)C[C@@H]2c2cc(F)cc(F)c2)CC1.Cl.Cl.Cl. The van der Waals surface area contributed by atoms with Gasteiger partial charge in [-0.1, -0.05) is 20.8 Å². The van der Waals surface area contributed by atoms with Gasteiger partial charge in [-0.3, -0.25) is 14.4 Å². The third kappa shape index (κ3) is 7.10. The summed E-state index contributed by atoms with van der Waals surface area (Å²) >= 11 is 0. The van der Waals surface area contributed by atoms with Crippen molar-refractivity contribution in [2.45, 2.75) is 116 Å². The first-order valence-corrected chi connectivity index (χ1v) is 15.7. The zero-order chi connectivity index (χ0) is 29.6. The van der Waals surface area contributed by atoms with Crippen molar-refractivity contribution in [2.75, 3.05) is 20.1 Å². The second-order valence-electron chi connectivity index (χ2n) is 13.3. The van der Waals surface area contributed by atoms with E-state index in [1.54, 1.807) is 0 Å². The quantitative estimate of drug-likeness (QED) is 0.302. The first-order valence-electron chi connectivity index (χ1n) is 15.7. The van der Waals surface area contributed by atoms with Crippen LogP contribution in [-0.2, 0) is 29.6 Å². The van der Waals surface area contributed by atoms with E-state index in [4.69, 9.17) is 5.10 Å². The number of aryl methyl sites for hydroxylation is 2. The van der Waals surface area contributed by atoms with Gasteiger partial charge in [0.2, 0.25) is 0 Å². The number of rotatable bonds is 9. The molecule has 3 aliphatic rings. The number of aliphatic carboxylic acids is 1. The number of likely N-dealkylation sites (tertiary alicyclic amines) is 1. The lowest BCUT2D eigenvalue weighted by Crippen LogP contribution is -2.49. The molecule has 2 aromatic rings. The number of hydrogen-bond donors (Lipinski definition) is 1. The van der Waals surface area contributed by atoms with Gasteiger partial charge in [-0.15, -0.1) is 37.2 Å². The number of nitrogens with zero attached hydrogens (tertiary/aromatic N) is 4. The van der Waals surface area contributed by atoms with Crippen LogP contribution in [0.4, 0.5) is 8.78 Å². The fourth-order valence-corrected chi connectivity index (χ4v) is 8.76. The molecule has 1 saturated heterocycles. The molecule has 44 heavy (non-hydrogen) atoms. The highest BCUT2D eigenvalue weighted by molar-refractivity contribution is 5.86. The van der Waals surface area contributed by atoms with Crippen molar-refractivity contribution in [3.63, 3.8) is 0 Å². The van der Waals surface area contributed by atoms with Gasteiger partial charge in [-0.2, -0.15) is 5.10 Å². The van der Waals surface area contributed by atoms with Crippen LogP contribution < -0.4 is 0 Å². The van der Waals surface area contributed by atoms with Crippen molar-refractivity contribution >= 4 is 43.2 Å². The Morgan fingerprint density at radius 3 is 2.18 bits per heavy atom. The van der Waals surface area contributed by atoms with Gasteiger partial charge < -0.3 is 10.0 Å². The predicted molar refractivity (Wildman–Crippen MR) is 179 cm³/mol. The van der Waals surface area contributed by atoms with E-state index in [9.17, 15) is 18.7 Å². The third-order valence-electron chi connectivity index (χ3n) is 10.9. The summed E-state index contributed by atoms with van der Waals surface area (Å²) in [6.07, 6.45) is 7.01. The summed E-state index contributed by atoms with van der Waals surface area (Å²) in [6.45, 7) is 13.4. The number of carboxylic acid groups (broad SMARTS) is 1. The molecule has 1 aliphatic heterocycles. The van der Waals surface area contributed by atoms with E-state index >= 15 is 0 Å². The molecule has 1 saturated carbocycles. The summed E-state index contributed by atoms with van der Waals surface area (Å²) < 4.78 is 31.1. The normalized spacial score (nSPS) is 24.0. The average molecular weight is 680 g/mol. The molecule has 1 spiro atoms. The lowest BCUT2D eigenvalue weighted by atomic mass is 9.75. The Labute approximate surface area is 280 Å². The van der Waals surface area contributed by atoms with Gasteiger partial charge >= 0.3 is 5.97 Å². The molecule has 1 N–H and O–H groups in total. The molecule has 0 bridgehead atoms. The number of halogens is 5. The maximum atomic E-state index is 14.4. The van der Waals surface area contributed by atoms with Crippen LogP contribution in [0.2, 0.25) is 0 Å². The molecule has 2 fully saturated rings. The van der Waals surface area contributed by atoms with E-state index < -0.39 is 23.6 Å². The minimum atomic E-state index is -0.817. The van der Waals surface area contributed by atoms with Gasteiger partial charge in [-0.25, -0.2) is 8.78 Å². The molecule has 5 atom stereocenters. The molecular weight excluding hydrogens is 629 g/mol. The summed E-state index contributed by atoms with van der Waals surface area (Å²) in [6, 6.07) is 3.55. The topological polar surface area (TPSA) is 61.6 Å². The highest BCUT2D eigenvalue weighted by atomic mass is 35.5. The van der Waals surface area contributed by atoms with Crippen molar-refractivity contribution in [1.29, 1.82) is 0 Å². The van der Waals surface area contributed by atoms with Gasteiger partial charge in [0.15, 0.2) is 0 Å². The van der Waals surface area contributed by atoms with E-state index in [2.05, 4.69) is 30.4 Å². The van der Waals surface area contributed by atoms with Crippen molar-refractivity contribution in [3.8, 4) is 0 Å². The Hall–Kier alpha value is -1.45. The van der Waals surface area contributed by atoms with Crippen LogP contribution in [0.3, 0.4) is 0 Å². The van der Waals surface area contributed by atoms with Crippen molar-refractivity contribution in [2.24, 2.45) is 11.8 Å². The summed E-state index contributed by atoms with van der Waals surface area (Å²) in [5, 5.41) is 14.9.